The smallest absolute Gasteiger partial charge is 0.220 e. The molecule has 0 aromatic carbocycles. The highest BCUT2D eigenvalue weighted by Crippen LogP contribution is 1.96. The monoisotopic (exact) mass is 202 g/mol. The Morgan fingerprint density at radius 1 is 1.50 bits per heavy atom. The van der Waals surface area contributed by atoms with E-state index in [4.69, 9.17) is 5.73 Å². The van der Waals surface area contributed by atoms with Crippen molar-refractivity contribution >= 4 is 5.91 Å². The van der Waals surface area contributed by atoms with Crippen LogP contribution in [0, 0.1) is 0 Å². The Morgan fingerprint density at radius 2 is 2.14 bits per heavy atom. The molecule has 2 unspecified atom stereocenters. The summed E-state index contributed by atoms with van der Waals surface area (Å²) in [4.78, 5) is 11.2. The Bertz CT molecular complexity index is 160. The number of amides is 1. The predicted molar refractivity (Wildman–Crippen MR) is 56.8 cm³/mol. The molecule has 0 aliphatic carbocycles. The van der Waals surface area contributed by atoms with E-state index in [9.17, 15) is 9.90 Å². The van der Waals surface area contributed by atoms with Gasteiger partial charge in [0.05, 0.1) is 6.10 Å². The summed E-state index contributed by atoms with van der Waals surface area (Å²) in [6, 6.07) is 0.0713. The maximum atomic E-state index is 11.2. The van der Waals surface area contributed by atoms with Gasteiger partial charge < -0.3 is 16.2 Å². The quantitative estimate of drug-likeness (QED) is 0.559. The maximum Gasteiger partial charge on any atom is 0.220 e. The Labute approximate surface area is 85.9 Å². The van der Waals surface area contributed by atoms with Crippen molar-refractivity contribution in [2.24, 2.45) is 5.73 Å². The summed E-state index contributed by atoms with van der Waals surface area (Å²) in [7, 11) is 0. The fraction of sp³-hybridized carbons (Fsp3) is 0.900. The molecule has 4 nitrogen and oxygen atoms in total. The van der Waals surface area contributed by atoms with E-state index in [0.717, 1.165) is 6.42 Å². The Hall–Kier alpha value is -0.610. The highest BCUT2D eigenvalue weighted by Gasteiger charge is 2.04. The average molecular weight is 202 g/mol. The van der Waals surface area contributed by atoms with Crippen molar-refractivity contribution in [2.45, 2.75) is 51.7 Å². The summed E-state index contributed by atoms with van der Waals surface area (Å²) in [6.07, 6.45) is 2.24. The molecule has 0 bridgehead atoms. The molecule has 84 valence electrons. The van der Waals surface area contributed by atoms with E-state index in [1.165, 1.54) is 0 Å². The van der Waals surface area contributed by atoms with E-state index < -0.39 is 0 Å². The standard InChI is InChI=1S/C10H22N2O2/c1-3-9(13)6-7-12-10(14)5-4-8(2)11/h8-9,13H,3-7,11H2,1-2H3,(H,12,14). The van der Waals surface area contributed by atoms with Crippen LogP contribution in [-0.4, -0.2) is 29.7 Å². The van der Waals surface area contributed by atoms with E-state index >= 15 is 0 Å². The summed E-state index contributed by atoms with van der Waals surface area (Å²) in [5.74, 6) is 0.0191. The predicted octanol–water partition coefficient (Wildman–Crippen LogP) is 0.391. The Morgan fingerprint density at radius 3 is 2.64 bits per heavy atom. The second kappa shape index (κ2) is 7.76. The molecule has 1 amide bonds. The zero-order chi connectivity index (χ0) is 11.0. The summed E-state index contributed by atoms with van der Waals surface area (Å²) >= 11 is 0. The second-order valence-electron chi connectivity index (χ2n) is 3.72. The summed E-state index contributed by atoms with van der Waals surface area (Å²) in [6.45, 7) is 4.35. The minimum atomic E-state index is -0.302. The van der Waals surface area contributed by atoms with Gasteiger partial charge in [-0.05, 0) is 26.2 Å². The largest absolute Gasteiger partial charge is 0.393 e. The number of hydrogen-bond acceptors (Lipinski definition) is 3. The molecule has 14 heavy (non-hydrogen) atoms. The van der Waals surface area contributed by atoms with E-state index in [1.807, 2.05) is 13.8 Å². The fourth-order valence-corrected chi connectivity index (χ4v) is 1.03. The normalized spacial score (nSPS) is 14.9. The third-order valence-corrected chi connectivity index (χ3v) is 2.10. The number of nitrogens with two attached hydrogens (primary N) is 1. The zero-order valence-electron chi connectivity index (χ0n) is 9.12. The molecule has 4 N–H and O–H groups in total. The van der Waals surface area contributed by atoms with Crippen molar-refractivity contribution in [1.29, 1.82) is 0 Å². The third-order valence-electron chi connectivity index (χ3n) is 2.10. The molecule has 0 aromatic heterocycles. The van der Waals surface area contributed by atoms with Crippen molar-refractivity contribution < 1.29 is 9.90 Å². The number of carbonyl (C=O) groups excluding carboxylic acids is 1. The number of rotatable bonds is 7. The van der Waals surface area contributed by atoms with Crippen LogP contribution in [0.3, 0.4) is 0 Å². The molecule has 0 aromatic rings. The van der Waals surface area contributed by atoms with Crippen molar-refractivity contribution in [3.8, 4) is 0 Å². The minimum Gasteiger partial charge on any atom is -0.393 e. The lowest BCUT2D eigenvalue weighted by Gasteiger charge is -2.09. The summed E-state index contributed by atoms with van der Waals surface area (Å²) in [5.41, 5.74) is 5.52. The number of carbonyl (C=O) groups is 1. The van der Waals surface area contributed by atoms with Crippen LogP contribution in [0.5, 0.6) is 0 Å². The highest BCUT2D eigenvalue weighted by molar-refractivity contribution is 5.75. The van der Waals surface area contributed by atoms with Gasteiger partial charge >= 0.3 is 0 Å². The number of aliphatic hydroxyl groups excluding tert-OH is 1. The SMILES string of the molecule is CCC(O)CCNC(=O)CCC(C)N. The minimum absolute atomic E-state index is 0.0191. The van der Waals surface area contributed by atoms with Crippen LogP contribution in [-0.2, 0) is 4.79 Å². The van der Waals surface area contributed by atoms with Crippen molar-refractivity contribution in [1.82, 2.24) is 5.32 Å². The van der Waals surface area contributed by atoms with Crippen molar-refractivity contribution in [2.75, 3.05) is 6.54 Å². The summed E-state index contributed by atoms with van der Waals surface area (Å²) in [5, 5.41) is 12.0. The van der Waals surface area contributed by atoms with Crippen LogP contribution in [0.2, 0.25) is 0 Å². The van der Waals surface area contributed by atoms with Crippen LogP contribution in [0.25, 0.3) is 0 Å². The molecule has 0 radical (unpaired) electrons. The van der Waals surface area contributed by atoms with Crippen molar-refractivity contribution in [3.05, 3.63) is 0 Å². The van der Waals surface area contributed by atoms with E-state index in [-0.39, 0.29) is 18.1 Å². The number of hydrogen-bond donors (Lipinski definition) is 3. The van der Waals surface area contributed by atoms with Gasteiger partial charge in [0.25, 0.3) is 0 Å². The molecular weight excluding hydrogens is 180 g/mol. The van der Waals surface area contributed by atoms with Gasteiger partial charge in [0.15, 0.2) is 0 Å². The molecule has 2 atom stereocenters. The highest BCUT2D eigenvalue weighted by atomic mass is 16.3. The lowest BCUT2D eigenvalue weighted by Crippen LogP contribution is -2.28. The van der Waals surface area contributed by atoms with Gasteiger partial charge in [-0.1, -0.05) is 6.92 Å². The number of nitrogens with one attached hydrogen (secondary N) is 1. The first kappa shape index (κ1) is 13.4. The molecule has 0 aliphatic rings. The van der Waals surface area contributed by atoms with E-state index in [0.29, 0.717) is 25.8 Å². The van der Waals surface area contributed by atoms with Crippen LogP contribution < -0.4 is 11.1 Å². The molecular formula is C10H22N2O2. The van der Waals surface area contributed by atoms with E-state index in [2.05, 4.69) is 5.32 Å². The van der Waals surface area contributed by atoms with E-state index in [1.54, 1.807) is 0 Å². The van der Waals surface area contributed by atoms with Gasteiger partial charge in [-0.25, -0.2) is 0 Å². The fourth-order valence-electron chi connectivity index (χ4n) is 1.03. The molecule has 0 saturated heterocycles. The van der Waals surface area contributed by atoms with Gasteiger partial charge in [-0.3, -0.25) is 4.79 Å². The first-order valence-electron chi connectivity index (χ1n) is 5.26. The molecule has 0 heterocycles. The van der Waals surface area contributed by atoms with Gasteiger partial charge in [-0.15, -0.1) is 0 Å². The van der Waals surface area contributed by atoms with Gasteiger partial charge in [0.2, 0.25) is 5.91 Å². The molecule has 0 spiro atoms. The number of aliphatic hydroxyl groups is 1. The Kier molecular flexibility index (Phi) is 7.42. The van der Waals surface area contributed by atoms with Crippen LogP contribution >= 0.6 is 0 Å². The average Bonchev–Trinajstić information content (AvgIpc) is 2.14. The lowest BCUT2D eigenvalue weighted by molar-refractivity contribution is -0.121. The first-order chi connectivity index (χ1) is 6.56. The van der Waals surface area contributed by atoms with Gasteiger partial charge in [0, 0.05) is 19.0 Å². The molecule has 0 aliphatic heterocycles. The molecule has 0 saturated carbocycles. The second-order valence-corrected chi connectivity index (χ2v) is 3.72. The van der Waals surface area contributed by atoms with Gasteiger partial charge in [0.1, 0.15) is 0 Å². The lowest BCUT2D eigenvalue weighted by atomic mass is 10.2. The molecule has 0 fully saturated rings. The Balaban J connectivity index is 3.35. The van der Waals surface area contributed by atoms with Crippen molar-refractivity contribution in [3.63, 3.8) is 0 Å². The zero-order valence-corrected chi connectivity index (χ0v) is 9.12. The maximum absolute atomic E-state index is 11.2. The van der Waals surface area contributed by atoms with Crippen LogP contribution in [0.1, 0.15) is 39.5 Å². The third kappa shape index (κ3) is 8.01. The molecule has 4 heteroatoms. The molecule has 0 rings (SSSR count). The summed E-state index contributed by atoms with van der Waals surface area (Å²) < 4.78 is 0. The van der Waals surface area contributed by atoms with Gasteiger partial charge in [-0.2, -0.15) is 0 Å². The van der Waals surface area contributed by atoms with Crippen LogP contribution in [0.15, 0.2) is 0 Å². The first-order valence-corrected chi connectivity index (χ1v) is 5.26. The van der Waals surface area contributed by atoms with Crippen LogP contribution in [0.4, 0.5) is 0 Å². The topological polar surface area (TPSA) is 75.3 Å².